The van der Waals surface area contributed by atoms with E-state index in [0.29, 0.717) is 23.1 Å². The second-order valence-corrected chi connectivity index (χ2v) is 6.10. The molecule has 1 N–H and O–H groups in total. The fourth-order valence-corrected chi connectivity index (χ4v) is 2.16. The first kappa shape index (κ1) is 18.2. The molecule has 1 aromatic rings. The molecule has 4 nitrogen and oxygen atoms in total. The van der Waals surface area contributed by atoms with Gasteiger partial charge in [0.25, 0.3) is 0 Å². The molecule has 1 rings (SSSR count). The van der Waals surface area contributed by atoms with Crippen molar-refractivity contribution in [2.45, 2.75) is 26.4 Å². The van der Waals surface area contributed by atoms with Gasteiger partial charge in [-0.15, -0.1) is 0 Å². The van der Waals surface area contributed by atoms with Gasteiger partial charge in [-0.3, -0.25) is 9.69 Å². The maximum absolute atomic E-state index is 12.1. The van der Waals surface area contributed by atoms with Crippen LogP contribution < -0.4 is 0 Å². The van der Waals surface area contributed by atoms with E-state index in [1.54, 1.807) is 24.1 Å². The van der Waals surface area contributed by atoms with Crippen LogP contribution in [0.15, 0.2) is 18.2 Å². The van der Waals surface area contributed by atoms with Crippen molar-refractivity contribution in [2.75, 3.05) is 26.7 Å². The minimum atomic E-state index is -0.00000521. The van der Waals surface area contributed by atoms with Gasteiger partial charge in [0.2, 0.25) is 5.91 Å². The molecule has 0 saturated carbocycles. The van der Waals surface area contributed by atoms with Gasteiger partial charge in [0.05, 0.1) is 23.2 Å². The number of nitrogens with zero attached hydrogens (tertiary/aromatic N) is 2. The summed E-state index contributed by atoms with van der Waals surface area (Å²) in [7, 11) is 1.78. The summed E-state index contributed by atoms with van der Waals surface area (Å²) in [6.07, 6.45) is 0. The van der Waals surface area contributed by atoms with Crippen molar-refractivity contribution in [1.29, 1.82) is 0 Å². The normalized spacial score (nSPS) is 11.2. The van der Waals surface area contributed by atoms with Gasteiger partial charge < -0.3 is 10.0 Å². The van der Waals surface area contributed by atoms with Gasteiger partial charge in [0.15, 0.2) is 0 Å². The zero-order valence-corrected chi connectivity index (χ0v) is 14.2. The van der Waals surface area contributed by atoms with E-state index in [9.17, 15) is 4.79 Å². The van der Waals surface area contributed by atoms with Crippen LogP contribution in [-0.2, 0) is 11.3 Å². The molecular weight excluding hydrogens is 311 g/mol. The van der Waals surface area contributed by atoms with Crippen molar-refractivity contribution in [3.05, 3.63) is 33.8 Å². The second-order valence-electron chi connectivity index (χ2n) is 5.28. The molecule has 0 aromatic heterocycles. The third-order valence-corrected chi connectivity index (χ3v) is 4.07. The molecule has 21 heavy (non-hydrogen) atoms. The minimum absolute atomic E-state index is 0.00000521. The molecular formula is C15H22Cl2N2O2. The topological polar surface area (TPSA) is 43.8 Å². The number of halogens is 2. The molecule has 0 bridgehead atoms. The summed E-state index contributed by atoms with van der Waals surface area (Å²) in [6.45, 7) is 5.16. The number of carbonyl (C=O) groups excluding carboxylic acids is 1. The Kier molecular flexibility index (Phi) is 7.46. The summed E-state index contributed by atoms with van der Waals surface area (Å²) < 4.78 is 0. The Bertz CT molecular complexity index is 481. The Morgan fingerprint density at radius 3 is 2.48 bits per heavy atom. The van der Waals surface area contributed by atoms with Gasteiger partial charge in [-0.1, -0.05) is 29.3 Å². The van der Waals surface area contributed by atoms with Crippen LogP contribution >= 0.6 is 23.2 Å². The van der Waals surface area contributed by atoms with Crippen LogP contribution in [0.2, 0.25) is 10.0 Å². The highest BCUT2D eigenvalue weighted by Crippen LogP contribution is 2.23. The van der Waals surface area contributed by atoms with E-state index in [-0.39, 0.29) is 25.1 Å². The third kappa shape index (κ3) is 5.83. The van der Waals surface area contributed by atoms with E-state index in [2.05, 4.69) is 0 Å². The van der Waals surface area contributed by atoms with E-state index in [4.69, 9.17) is 28.3 Å². The van der Waals surface area contributed by atoms with Gasteiger partial charge in [-0.2, -0.15) is 0 Å². The largest absolute Gasteiger partial charge is 0.395 e. The van der Waals surface area contributed by atoms with Crippen LogP contribution in [0, 0.1) is 0 Å². The molecule has 0 aliphatic heterocycles. The highest BCUT2D eigenvalue weighted by Gasteiger charge is 2.16. The van der Waals surface area contributed by atoms with Crippen LogP contribution in [0.4, 0.5) is 0 Å². The molecule has 0 unspecified atom stereocenters. The first-order valence-corrected chi connectivity index (χ1v) is 7.63. The molecule has 0 radical (unpaired) electrons. The quantitative estimate of drug-likeness (QED) is 0.834. The lowest BCUT2D eigenvalue weighted by Gasteiger charge is -2.27. The van der Waals surface area contributed by atoms with Crippen molar-refractivity contribution in [2.24, 2.45) is 0 Å². The number of likely N-dealkylation sites (N-methyl/N-ethyl adjacent to an activating group) is 1. The summed E-state index contributed by atoms with van der Waals surface area (Å²) in [5.74, 6) is 0.0264. The standard InChI is InChI=1S/C15H22Cl2N2O2/c1-11(2)18(3)15(21)10-19(6-7-20)9-12-4-5-13(16)14(17)8-12/h4-5,8,11,20H,6-7,9-10H2,1-3H3. The number of carbonyl (C=O) groups is 1. The van der Waals surface area contributed by atoms with E-state index in [1.807, 2.05) is 24.8 Å². The number of hydrogen-bond donors (Lipinski definition) is 1. The molecule has 6 heteroatoms. The van der Waals surface area contributed by atoms with Gasteiger partial charge >= 0.3 is 0 Å². The van der Waals surface area contributed by atoms with Gasteiger partial charge in [-0.05, 0) is 31.5 Å². The fourth-order valence-electron chi connectivity index (χ4n) is 1.84. The van der Waals surface area contributed by atoms with Crippen molar-refractivity contribution >= 4 is 29.1 Å². The molecule has 0 heterocycles. The van der Waals surface area contributed by atoms with Crippen molar-refractivity contribution in [3.63, 3.8) is 0 Å². The number of aliphatic hydroxyl groups is 1. The fraction of sp³-hybridized carbons (Fsp3) is 0.533. The maximum atomic E-state index is 12.1. The summed E-state index contributed by atoms with van der Waals surface area (Å²) in [5.41, 5.74) is 0.956. The average Bonchev–Trinajstić information content (AvgIpc) is 2.42. The lowest BCUT2D eigenvalue weighted by atomic mass is 10.2. The highest BCUT2D eigenvalue weighted by molar-refractivity contribution is 6.42. The van der Waals surface area contributed by atoms with Gasteiger partial charge in [0.1, 0.15) is 0 Å². The average molecular weight is 333 g/mol. The predicted octanol–water partition coefficient (Wildman–Crippen LogP) is 2.65. The zero-order valence-electron chi connectivity index (χ0n) is 12.6. The van der Waals surface area contributed by atoms with Crippen LogP contribution in [0.5, 0.6) is 0 Å². The monoisotopic (exact) mass is 332 g/mol. The van der Waals surface area contributed by atoms with Gasteiger partial charge in [-0.25, -0.2) is 0 Å². The number of benzene rings is 1. The molecule has 0 atom stereocenters. The van der Waals surface area contributed by atoms with Crippen LogP contribution in [0.3, 0.4) is 0 Å². The maximum Gasteiger partial charge on any atom is 0.236 e. The Morgan fingerprint density at radius 1 is 1.29 bits per heavy atom. The molecule has 0 saturated heterocycles. The van der Waals surface area contributed by atoms with E-state index in [0.717, 1.165) is 5.56 Å². The first-order valence-electron chi connectivity index (χ1n) is 6.88. The summed E-state index contributed by atoms with van der Waals surface area (Å²) in [4.78, 5) is 15.7. The lowest BCUT2D eigenvalue weighted by Crippen LogP contribution is -2.42. The third-order valence-electron chi connectivity index (χ3n) is 3.33. The Morgan fingerprint density at radius 2 is 1.95 bits per heavy atom. The van der Waals surface area contributed by atoms with E-state index < -0.39 is 0 Å². The van der Waals surface area contributed by atoms with Crippen molar-refractivity contribution < 1.29 is 9.90 Å². The number of aliphatic hydroxyl groups excluding tert-OH is 1. The van der Waals surface area contributed by atoms with Crippen LogP contribution in [0.25, 0.3) is 0 Å². The lowest BCUT2D eigenvalue weighted by molar-refractivity contribution is -0.132. The molecule has 1 aromatic carbocycles. The summed E-state index contributed by atoms with van der Waals surface area (Å²) in [5, 5.41) is 10.2. The minimum Gasteiger partial charge on any atom is -0.395 e. The number of hydrogen-bond acceptors (Lipinski definition) is 3. The van der Waals surface area contributed by atoms with Crippen LogP contribution in [0.1, 0.15) is 19.4 Å². The molecule has 118 valence electrons. The molecule has 0 spiro atoms. The summed E-state index contributed by atoms with van der Waals surface area (Å²) in [6, 6.07) is 5.54. The molecule has 1 amide bonds. The van der Waals surface area contributed by atoms with Gasteiger partial charge in [0, 0.05) is 26.2 Å². The smallest absolute Gasteiger partial charge is 0.236 e. The Balaban J connectivity index is 2.73. The predicted molar refractivity (Wildman–Crippen MR) is 86.7 cm³/mol. The SMILES string of the molecule is CC(C)N(C)C(=O)CN(CCO)Cc1ccc(Cl)c(Cl)c1. The van der Waals surface area contributed by atoms with Crippen molar-refractivity contribution in [3.8, 4) is 0 Å². The summed E-state index contributed by atoms with van der Waals surface area (Å²) >= 11 is 11.9. The first-order chi connectivity index (χ1) is 9.85. The second kappa shape index (κ2) is 8.59. The van der Waals surface area contributed by atoms with Crippen molar-refractivity contribution in [1.82, 2.24) is 9.80 Å². The van der Waals surface area contributed by atoms with E-state index >= 15 is 0 Å². The number of rotatable bonds is 7. The Labute approximate surface area is 136 Å². The number of amides is 1. The molecule has 0 aliphatic rings. The zero-order chi connectivity index (χ0) is 16.0. The Hall–Kier alpha value is -0.810. The van der Waals surface area contributed by atoms with Crippen LogP contribution in [-0.4, -0.2) is 53.6 Å². The molecule has 0 aliphatic carbocycles. The molecule has 0 fully saturated rings. The van der Waals surface area contributed by atoms with E-state index in [1.165, 1.54) is 0 Å². The highest BCUT2D eigenvalue weighted by atomic mass is 35.5.